The summed E-state index contributed by atoms with van der Waals surface area (Å²) in [4.78, 5) is 11.0. The molecule has 0 bridgehead atoms. The average Bonchev–Trinajstić information content (AvgIpc) is 2.34. The predicted molar refractivity (Wildman–Crippen MR) is 72.2 cm³/mol. The van der Waals surface area contributed by atoms with Crippen molar-refractivity contribution in [2.45, 2.75) is 32.5 Å². The number of anilines is 1. The van der Waals surface area contributed by atoms with Crippen LogP contribution in [0.5, 0.6) is 5.75 Å². The third kappa shape index (κ3) is 6.20. The molecule has 0 radical (unpaired) electrons. The molecule has 1 rings (SSSR count). The molecule has 1 aromatic carbocycles. The van der Waals surface area contributed by atoms with Gasteiger partial charge in [0.2, 0.25) is 0 Å². The number of carboxylic acid groups (broad SMARTS) is 1. The van der Waals surface area contributed by atoms with Crippen LogP contribution < -0.4 is 10.1 Å². The highest BCUT2D eigenvalue weighted by atomic mass is 19.4. The van der Waals surface area contributed by atoms with Crippen molar-refractivity contribution in [2.24, 2.45) is 0 Å². The van der Waals surface area contributed by atoms with E-state index in [1.807, 2.05) is 0 Å². The lowest BCUT2D eigenvalue weighted by Gasteiger charge is -2.15. The summed E-state index contributed by atoms with van der Waals surface area (Å²) in [5.41, 5.74) is -0.255. The Morgan fingerprint density at radius 2 is 2.00 bits per heavy atom. The zero-order valence-electron chi connectivity index (χ0n) is 11.6. The summed E-state index contributed by atoms with van der Waals surface area (Å²) in [7, 11) is 0. The van der Waals surface area contributed by atoms with E-state index < -0.39 is 24.3 Å². The third-order valence-corrected chi connectivity index (χ3v) is 2.29. The fourth-order valence-corrected chi connectivity index (χ4v) is 1.48. The van der Waals surface area contributed by atoms with Gasteiger partial charge in [-0.15, -0.1) is 0 Å². The molecule has 0 aliphatic carbocycles. The number of aliphatic carboxylic acids is 1. The van der Waals surface area contributed by atoms with Crippen molar-refractivity contribution in [2.75, 3.05) is 5.32 Å². The smallest absolute Gasteiger partial charge is 0.392 e. The monoisotopic (exact) mass is 303 g/mol. The number of carboxylic acids is 1. The minimum Gasteiger partial charge on any atom is -0.489 e. The van der Waals surface area contributed by atoms with Gasteiger partial charge < -0.3 is 15.2 Å². The first kappa shape index (κ1) is 16.9. The fourth-order valence-electron chi connectivity index (χ4n) is 1.48. The van der Waals surface area contributed by atoms with Crippen molar-refractivity contribution < 1.29 is 27.8 Å². The molecule has 4 nitrogen and oxygen atoms in total. The highest BCUT2D eigenvalue weighted by molar-refractivity contribution is 5.90. The zero-order chi connectivity index (χ0) is 16.0. The van der Waals surface area contributed by atoms with E-state index in [1.54, 1.807) is 32.0 Å². The van der Waals surface area contributed by atoms with E-state index in [4.69, 9.17) is 9.84 Å². The van der Waals surface area contributed by atoms with Gasteiger partial charge in [0.1, 0.15) is 11.4 Å². The van der Waals surface area contributed by atoms with E-state index in [1.165, 1.54) is 6.07 Å². The fraction of sp³-hybridized carbons (Fsp3) is 0.357. The van der Waals surface area contributed by atoms with Crippen molar-refractivity contribution in [1.29, 1.82) is 0 Å². The van der Waals surface area contributed by atoms with E-state index in [-0.39, 0.29) is 6.10 Å². The van der Waals surface area contributed by atoms with Gasteiger partial charge in [-0.1, -0.05) is 12.1 Å². The number of nitrogens with one attached hydrogen (secondary N) is 1. The average molecular weight is 303 g/mol. The Morgan fingerprint density at radius 3 is 2.52 bits per heavy atom. The second-order valence-electron chi connectivity index (χ2n) is 4.53. The summed E-state index contributed by atoms with van der Waals surface area (Å²) < 4.78 is 42.0. The Morgan fingerprint density at radius 1 is 1.38 bits per heavy atom. The Bertz CT molecular complexity index is 524. The van der Waals surface area contributed by atoms with Gasteiger partial charge in [-0.05, 0) is 32.1 Å². The maximum atomic E-state index is 12.2. The van der Waals surface area contributed by atoms with Crippen LogP contribution in [0, 0.1) is 0 Å². The van der Waals surface area contributed by atoms with Gasteiger partial charge in [0.15, 0.2) is 0 Å². The minimum absolute atomic E-state index is 0.152. The van der Waals surface area contributed by atoms with Gasteiger partial charge in [-0.3, -0.25) is 0 Å². The third-order valence-electron chi connectivity index (χ3n) is 2.29. The van der Waals surface area contributed by atoms with Crippen LogP contribution in [-0.4, -0.2) is 23.4 Å². The highest BCUT2D eigenvalue weighted by Crippen LogP contribution is 2.27. The molecule has 1 aromatic rings. The van der Waals surface area contributed by atoms with Crippen molar-refractivity contribution in [3.63, 3.8) is 0 Å². The summed E-state index contributed by atoms with van der Waals surface area (Å²) in [6, 6.07) is 6.44. The molecule has 2 N–H and O–H groups in total. The summed E-state index contributed by atoms with van der Waals surface area (Å²) in [5, 5.41) is 11.4. The molecule has 0 saturated heterocycles. The molecule has 21 heavy (non-hydrogen) atoms. The van der Waals surface area contributed by atoms with Crippen molar-refractivity contribution in [1.82, 2.24) is 0 Å². The number of hydrogen-bond donors (Lipinski definition) is 2. The lowest BCUT2D eigenvalue weighted by Crippen LogP contribution is -2.14. The highest BCUT2D eigenvalue weighted by Gasteiger charge is 2.26. The maximum absolute atomic E-state index is 12.2. The maximum Gasteiger partial charge on any atom is 0.392 e. The summed E-state index contributed by atoms with van der Waals surface area (Å²) in [6.07, 6.45) is -5.35. The molecule has 7 heteroatoms. The van der Waals surface area contributed by atoms with Crippen LogP contribution in [0.15, 0.2) is 36.0 Å². The van der Waals surface area contributed by atoms with Crippen LogP contribution in [0.4, 0.5) is 18.9 Å². The van der Waals surface area contributed by atoms with Crippen LogP contribution >= 0.6 is 0 Å². The van der Waals surface area contributed by atoms with E-state index in [0.29, 0.717) is 17.5 Å². The van der Waals surface area contributed by atoms with Crippen LogP contribution in [0.2, 0.25) is 0 Å². The van der Waals surface area contributed by atoms with E-state index in [9.17, 15) is 18.0 Å². The molecule has 0 aliphatic heterocycles. The lowest BCUT2D eigenvalue weighted by atomic mass is 10.2. The largest absolute Gasteiger partial charge is 0.489 e. The first-order chi connectivity index (χ1) is 9.69. The van der Waals surface area contributed by atoms with Gasteiger partial charge in [0.05, 0.1) is 18.2 Å². The number of ether oxygens (including phenoxy) is 1. The lowest BCUT2D eigenvalue weighted by molar-refractivity contribution is -0.132. The van der Waals surface area contributed by atoms with Gasteiger partial charge in [0.25, 0.3) is 0 Å². The molecular formula is C14H16F3NO3. The molecule has 0 heterocycles. The van der Waals surface area contributed by atoms with Crippen molar-refractivity contribution in [3.8, 4) is 5.75 Å². The molecule has 0 aliphatic rings. The second-order valence-corrected chi connectivity index (χ2v) is 4.53. The van der Waals surface area contributed by atoms with E-state index >= 15 is 0 Å². The predicted octanol–water partition coefficient (Wildman–Crippen LogP) is 3.81. The van der Waals surface area contributed by atoms with Crippen molar-refractivity contribution in [3.05, 3.63) is 36.0 Å². The quantitative estimate of drug-likeness (QED) is 0.785. The standard InChI is InChI=1S/C14H16F3NO3/c1-9(2)21-12-6-4-3-5-10(12)18-11(13(19)20)7-8-14(15,16)17/h3-7,9,18H,8H2,1-2H3,(H,19,20)/b11-7-. The summed E-state index contributed by atoms with van der Waals surface area (Å²) in [5.74, 6) is -1.11. The first-order valence-corrected chi connectivity index (χ1v) is 6.22. The zero-order valence-corrected chi connectivity index (χ0v) is 11.6. The van der Waals surface area contributed by atoms with Crippen molar-refractivity contribution >= 4 is 11.7 Å². The minimum atomic E-state index is -4.46. The van der Waals surface area contributed by atoms with Crippen LogP contribution in [-0.2, 0) is 4.79 Å². The Labute approximate surface area is 120 Å². The molecule has 0 spiro atoms. The Hall–Kier alpha value is -2.18. The van der Waals surface area contributed by atoms with Gasteiger partial charge in [0, 0.05) is 0 Å². The number of hydrogen-bond acceptors (Lipinski definition) is 3. The molecule has 0 unspecified atom stereocenters. The van der Waals surface area contributed by atoms with Gasteiger partial charge >= 0.3 is 12.1 Å². The molecular weight excluding hydrogens is 287 g/mol. The Kier molecular flexibility index (Phi) is 5.63. The molecule has 0 aromatic heterocycles. The molecule has 116 valence electrons. The van der Waals surface area contributed by atoms with E-state index in [0.717, 1.165) is 0 Å². The van der Waals surface area contributed by atoms with Gasteiger partial charge in [-0.25, -0.2) is 4.79 Å². The Balaban J connectivity index is 2.97. The SMILES string of the molecule is CC(C)Oc1ccccc1N/C(=C\CC(F)(F)F)C(=O)O. The summed E-state index contributed by atoms with van der Waals surface area (Å²) in [6.45, 7) is 3.57. The number of allylic oxidation sites excluding steroid dienone is 1. The van der Waals surface area contributed by atoms with Gasteiger partial charge in [-0.2, -0.15) is 13.2 Å². The normalized spacial score (nSPS) is 12.4. The topological polar surface area (TPSA) is 58.6 Å². The molecule has 0 amide bonds. The van der Waals surface area contributed by atoms with E-state index in [2.05, 4.69) is 5.32 Å². The van der Waals surface area contributed by atoms with Crippen LogP contribution in [0.3, 0.4) is 0 Å². The number of benzene rings is 1. The number of alkyl halides is 3. The first-order valence-electron chi connectivity index (χ1n) is 6.22. The molecule has 0 fully saturated rings. The number of para-hydroxylation sites is 2. The number of rotatable bonds is 6. The number of carbonyl (C=O) groups is 1. The second kappa shape index (κ2) is 7.01. The summed E-state index contributed by atoms with van der Waals surface area (Å²) >= 11 is 0. The van der Waals surface area contributed by atoms with Crippen LogP contribution in [0.1, 0.15) is 20.3 Å². The number of halogens is 3. The van der Waals surface area contributed by atoms with Crippen LogP contribution in [0.25, 0.3) is 0 Å². The molecule has 0 saturated carbocycles. The molecule has 0 atom stereocenters.